The molecule has 0 aliphatic carbocycles. The number of rotatable bonds is 6. The Balaban J connectivity index is 1.58. The van der Waals surface area contributed by atoms with Crippen molar-refractivity contribution in [2.45, 2.75) is 0 Å². The largest absolute Gasteiger partial charge is 0.322 e. The molecule has 0 atom stereocenters. The highest BCUT2D eigenvalue weighted by Gasteiger charge is 2.06. The molecule has 2 N–H and O–H groups in total. The van der Waals surface area contributed by atoms with Gasteiger partial charge in [-0.2, -0.15) is 0 Å². The van der Waals surface area contributed by atoms with E-state index in [0.29, 0.717) is 16.4 Å². The van der Waals surface area contributed by atoms with Gasteiger partial charge in [-0.25, -0.2) is 0 Å². The Morgan fingerprint density at radius 3 is 1.72 bits per heavy atom. The van der Waals surface area contributed by atoms with Crippen molar-refractivity contribution in [1.29, 1.82) is 0 Å². The van der Waals surface area contributed by atoms with Gasteiger partial charge in [0.1, 0.15) is 0 Å². The first-order chi connectivity index (χ1) is 14.1. The molecule has 0 aromatic heterocycles. The SMILES string of the molecule is O=C(C=Cc1ccccc1)Nc1ccc(NC(=O)C=Cc2ccccc2)c(Cl)c1. The van der Waals surface area contributed by atoms with E-state index < -0.39 is 0 Å². The number of hydrogen-bond donors (Lipinski definition) is 2. The van der Waals surface area contributed by atoms with Crippen LogP contribution in [-0.2, 0) is 9.59 Å². The van der Waals surface area contributed by atoms with Crippen LogP contribution in [0.15, 0.2) is 91.0 Å². The fourth-order valence-corrected chi connectivity index (χ4v) is 2.75. The maximum atomic E-state index is 12.1. The average molecular weight is 403 g/mol. The average Bonchev–Trinajstić information content (AvgIpc) is 2.74. The van der Waals surface area contributed by atoms with Gasteiger partial charge in [-0.3, -0.25) is 9.59 Å². The van der Waals surface area contributed by atoms with Crippen molar-refractivity contribution in [2.24, 2.45) is 0 Å². The zero-order valence-electron chi connectivity index (χ0n) is 15.5. The Hall–Kier alpha value is -3.63. The highest BCUT2D eigenvalue weighted by Crippen LogP contribution is 2.25. The number of nitrogens with one attached hydrogen (secondary N) is 2. The maximum absolute atomic E-state index is 12.1. The summed E-state index contributed by atoms with van der Waals surface area (Å²) in [5, 5.41) is 5.80. The minimum absolute atomic E-state index is 0.271. The fourth-order valence-electron chi connectivity index (χ4n) is 2.52. The molecular formula is C24H19ClN2O2. The number of benzene rings is 3. The van der Waals surface area contributed by atoms with E-state index >= 15 is 0 Å². The summed E-state index contributed by atoms with van der Waals surface area (Å²) in [6, 6.07) is 24.0. The number of halogens is 1. The predicted octanol–water partition coefficient (Wildman–Crippen LogP) is 5.64. The molecule has 0 spiro atoms. The second-order valence-corrected chi connectivity index (χ2v) is 6.57. The van der Waals surface area contributed by atoms with Crippen molar-refractivity contribution in [2.75, 3.05) is 10.6 Å². The van der Waals surface area contributed by atoms with Gasteiger partial charge in [-0.15, -0.1) is 0 Å². The first kappa shape index (κ1) is 20.1. The van der Waals surface area contributed by atoms with Gasteiger partial charge in [0, 0.05) is 17.8 Å². The third kappa shape index (κ3) is 6.48. The molecule has 0 aliphatic rings. The van der Waals surface area contributed by atoms with Crippen molar-refractivity contribution in [1.82, 2.24) is 0 Å². The van der Waals surface area contributed by atoms with E-state index in [0.717, 1.165) is 11.1 Å². The quantitative estimate of drug-likeness (QED) is 0.524. The Morgan fingerprint density at radius 1 is 0.690 bits per heavy atom. The standard InChI is InChI=1S/C24H19ClN2O2/c25-21-17-20(26-23(28)15-11-18-7-3-1-4-8-18)13-14-22(21)27-24(29)16-12-19-9-5-2-6-10-19/h1-17H,(H,26,28)(H,27,29). The highest BCUT2D eigenvalue weighted by atomic mass is 35.5. The lowest BCUT2D eigenvalue weighted by molar-refractivity contribution is -0.112. The molecule has 0 unspecified atom stereocenters. The van der Waals surface area contributed by atoms with Crippen LogP contribution in [0.25, 0.3) is 12.2 Å². The first-order valence-electron chi connectivity index (χ1n) is 8.98. The summed E-state index contributed by atoms with van der Waals surface area (Å²) in [7, 11) is 0. The Labute approximate surface area is 174 Å². The molecule has 0 bridgehead atoms. The van der Waals surface area contributed by atoms with E-state index in [1.54, 1.807) is 30.4 Å². The summed E-state index contributed by atoms with van der Waals surface area (Å²) in [5.74, 6) is -0.564. The van der Waals surface area contributed by atoms with Crippen molar-refractivity contribution in [3.8, 4) is 0 Å². The molecule has 0 aliphatic heterocycles. The smallest absolute Gasteiger partial charge is 0.248 e. The topological polar surface area (TPSA) is 58.2 Å². The van der Waals surface area contributed by atoms with Crippen LogP contribution in [-0.4, -0.2) is 11.8 Å². The fraction of sp³-hybridized carbons (Fsp3) is 0. The Bertz CT molecular complexity index is 1040. The molecule has 2 amide bonds. The molecule has 5 heteroatoms. The number of anilines is 2. The minimum atomic E-state index is -0.293. The Morgan fingerprint density at radius 2 is 1.21 bits per heavy atom. The van der Waals surface area contributed by atoms with E-state index in [1.165, 1.54) is 12.2 Å². The minimum Gasteiger partial charge on any atom is -0.322 e. The predicted molar refractivity (Wildman–Crippen MR) is 120 cm³/mol. The molecule has 0 saturated heterocycles. The number of carbonyl (C=O) groups excluding carboxylic acids is 2. The summed E-state index contributed by atoms with van der Waals surface area (Å²) in [5.41, 5.74) is 2.86. The van der Waals surface area contributed by atoms with Crippen LogP contribution in [0.4, 0.5) is 11.4 Å². The molecular weight excluding hydrogens is 384 g/mol. The van der Waals surface area contributed by atoms with Gasteiger partial charge in [0.05, 0.1) is 10.7 Å². The van der Waals surface area contributed by atoms with Crippen molar-refractivity contribution >= 4 is 46.9 Å². The van der Waals surface area contributed by atoms with Gasteiger partial charge >= 0.3 is 0 Å². The zero-order valence-corrected chi connectivity index (χ0v) is 16.3. The molecule has 3 aromatic carbocycles. The number of hydrogen-bond acceptors (Lipinski definition) is 2. The second-order valence-electron chi connectivity index (χ2n) is 6.16. The van der Waals surface area contributed by atoms with E-state index in [1.807, 2.05) is 60.7 Å². The van der Waals surface area contributed by atoms with Gasteiger partial charge in [-0.1, -0.05) is 72.3 Å². The van der Waals surface area contributed by atoms with Crippen LogP contribution < -0.4 is 10.6 Å². The van der Waals surface area contributed by atoms with Gasteiger partial charge in [-0.05, 0) is 41.5 Å². The van der Waals surface area contributed by atoms with E-state index in [2.05, 4.69) is 10.6 Å². The van der Waals surface area contributed by atoms with Crippen LogP contribution in [0.2, 0.25) is 5.02 Å². The van der Waals surface area contributed by atoms with E-state index in [9.17, 15) is 9.59 Å². The molecule has 0 radical (unpaired) electrons. The highest BCUT2D eigenvalue weighted by molar-refractivity contribution is 6.34. The van der Waals surface area contributed by atoms with Crippen molar-refractivity contribution in [3.63, 3.8) is 0 Å². The summed E-state index contributed by atoms with van der Waals surface area (Å²) < 4.78 is 0. The summed E-state index contributed by atoms with van der Waals surface area (Å²) in [6.45, 7) is 0. The molecule has 3 aromatic rings. The third-order valence-corrected chi connectivity index (χ3v) is 4.26. The normalized spacial score (nSPS) is 10.9. The van der Waals surface area contributed by atoms with Gasteiger partial charge in [0.15, 0.2) is 0 Å². The molecule has 3 rings (SSSR count). The Kier molecular flexibility index (Phi) is 6.98. The third-order valence-electron chi connectivity index (χ3n) is 3.95. The molecule has 4 nitrogen and oxygen atoms in total. The monoisotopic (exact) mass is 402 g/mol. The van der Waals surface area contributed by atoms with Crippen LogP contribution in [0.1, 0.15) is 11.1 Å². The van der Waals surface area contributed by atoms with E-state index in [-0.39, 0.29) is 11.8 Å². The molecule has 144 valence electrons. The lowest BCUT2D eigenvalue weighted by Crippen LogP contribution is -2.10. The van der Waals surface area contributed by atoms with E-state index in [4.69, 9.17) is 11.6 Å². The first-order valence-corrected chi connectivity index (χ1v) is 9.36. The van der Waals surface area contributed by atoms with Crippen LogP contribution in [0.5, 0.6) is 0 Å². The second kappa shape index (κ2) is 10.1. The summed E-state index contributed by atoms with van der Waals surface area (Å²) in [4.78, 5) is 24.1. The lowest BCUT2D eigenvalue weighted by Gasteiger charge is -2.08. The lowest BCUT2D eigenvalue weighted by atomic mass is 10.2. The van der Waals surface area contributed by atoms with Gasteiger partial charge < -0.3 is 10.6 Å². The van der Waals surface area contributed by atoms with Crippen LogP contribution in [0, 0.1) is 0 Å². The van der Waals surface area contributed by atoms with Crippen LogP contribution in [0.3, 0.4) is 0 Å². The maximum Gasteiger partial charge on any atom is 0.248 e. The summed E-state index contributed by atoms with van der Waals surface area (Å²) in [6.07, 6.45) is 6.34. The molecule has 0 saturated carbocycles. The molecule has 0 fully saturated rings. The summed E-state index contributed by atoms with van der Waals surface area (Å²) >= 11 is 6.24. The molecule has 0 heterocycles. The number of carbonyl (C=O) groups is 2. The van der Waals surface area contributed by atoms with Crippen molar-refractivity contribution in [3.05, 3.63) is 107 Å². The van der Waals surface area contributed by atoms with Gasteiger partial charge in [0.2, 0.25) is 11.8 Å². The number of amides is 2. The zero-order chi connectivity index (χ0) is 20.5. The van der Waals surface area contributed by atoms with Gasteiger partial charge in [0.25, 0.3) is 0 Å². The van der Waals surface area contributed by atoms with Crippen molar-refractivity contribution < 1.29 is 9.59 Å². The molecule has 29 heavy (non-hydrogen) atoms. The van der Waals surface area contributed by atoms with Crippen LogP contribution >= 0.6 is 11.6 Å².